The molecule has 1 heterocycles. The predicted octanol–water partition coefficient (Wildman–Crippen LogP) is 6.86. The van der Waals surface area contributed by atoms with Gasteiger partial charge in [-0.1, -0.05) is 30.1 Å². The van der Waals surface area contributed by atoms with Gasteiger partial charge in [0.15, 0.2) is 0 Å². The molecule has 2 amide bonds. The Labute approximate surface area is 368 Å². The van der Waals surface area contributed by atoms with Crippen molar-refractivity contribution in [3.63, 3.8) is 0 Å². The van der Waals surface area contributed by atoms with Crippen LogP contribution in [0.15, 0.2) is 95.0 Å². The highest BCUT2D eigenvalue weighted by Crippen LogP contribution is 2.62. The maximum atomic E-state index is 14.7. The molecule has 0 saturated heterocycles. The fourth-order valence-electron chi connectivity index (χ4n) is 9.27. The second-order valence-electron chi connectivity index (χ2n) is 15.8. The van der Waals surface area contributed by atoms with Crippen LogP contribution in [-0.2, 0) is 24.4 Å². The topological polar surface area (TPSA) is 204 Å². The number of aliphatic hydroxyl groups is 2. The number of aliphatic hydroxyl groups excluding tert-OH is 2. The number of likely N-dealkylation sites (N-methyl/N-ethyl adjacent to an activating group) is 1. The largest absolute Gasteiger partial charge is 0.497 e. The smallest absolute Gasteiger partial charge is 0.417 e. The fraction of sp³-hybridized carbons (Fsp3) is 0.457. The first-order valence-electron chi connectivity index (χ1n) is 21.0. The van der Waals surface area contributed by atoms with E-state index in [0.717, 1.165) is 18.4 Å². The summed E-state index contributed by atoms with van der Waals surface area (Å²) in [5, 5.41) is 29.7. The summed E-state index contributed by atoms with van der Waals surface area (Å²) < 4.78 is 61.3. The minimum atomic E-state index is -4.26. The molecule has 2 aliphatic carbocycles. The normalized spacial score (nSPS) is 23.1. The van der Waals surface area contributed by atoms with Gasteiger partial charge in [-0.15, -0.1) is 6.58 Å². The first kappa shape index (κ1) is 47.0. The van der Waals surface area contributed by atoms with Gasteiger partial charge in [-0.3, -0.25) is 10.1 Å². The van der Waals surface area contributed by atoms with E-state index >= 15 is 0 Å². The summed E-state index contributed by atoms with van der Waals surface area (Å²) >= 11 is 0. The number of nitrogens with one attached hydrogen (secondary N) is 2. The van der Waals surface area contributed by atoms with Gasteiger partial charge in [0.25, 0.3) is 0 Å². The molecule has 1 saturated carbocycles. The number of amides is 2. The molecule has 0 aromatic heterocycles. The van der Waals surface area contributed by atoms with Gasteiger partial charge in [-0.2, -0.15) is 4.31 Å². The van der Waals surface area contributed by atoms with Gasteiger partial charge in [-0.25, -0.2) is 13.2 Å². The molecule has 0 spiro atoms. The molecular formula is C46H58N4O12S. The van der Waals surface area contributed by atoms with Gasteiger partial charge in [0.05, 0.1) is 49.1 Å². The number of carbonyl (C=O) groups excluding carboxylic acids is 2. The Kier molecular flexibility index (Phi) is 15.5. The molecular weight excluding hydrogens is 833 g/mol. The Hall–Kier alpha value is -5.46. The van der Waals surface area contributed by atoms with Crippen LogP contribution >= 0.6 is 0 Å². The second-order valence-corrected chi connectivity index (χ2v) is 17.8. The van der Waals surface area contributed by atoms with Crippen LogP contribution in [0.2, 0.25) is 0 Å². The summed E-state index contributed by atoms with van der Waals surface area (Å²) in [4.78, 5) is 30.7. The standard InChI is InChI=1S/C46H58N4O12S/c1-7-24-60-46-42(50(3)63(55,56)34-18-14-31(15-19-34)47-29(2)53)28-39(49-59-6)36-25-30(12-8-10-22-51)35(13-9-11-23-52)43(44(36)46)37-26-33(17-21-40(37)62-46)61-45(54)48-38-20-16-32(57-4)27-41(38)58-5/h7,14-21,25-27,30,35,42-44,51-52H,1,8-13,22-24,28H2,2-6H3,(H,47,53)(H,48,54). The number of carbonyl (C=O) groups is 2. The molecule has 340 valence electrons. The number of unbranched alkanes of at least 4 members (excludes halogenated alkanes) is 2. The van der Waals surface area contributed by atoms with E-state index in [-0.39, 0.29) is 54.6 Å². The van der Waals surface area contributed by atoms with E-state index < -0.39 is 39.8 Å². The predicted molar refractivity (Wildman–Crippen MR) is 237 cm³/mol. The van der Waals surface area contributed by atoms with Crippen LogP contribution in [0.4, 0.5) is 16.2 Å². The average Bonchev–Trinajstić information content (AvgIpc) is 3.27. The number of fused-ring (bicyclic) bond motifs is 2. The minimum absolute atomic E-state index is 0.00365. The molecule has 0 radical (unpaired) electrons. The molecule has 16 nitrogen and oxygen atoms in total. The highest BCUT2D eigenvalue weighted by atomic mass is 32.2. The van der Waals surface area contributed by atoms with Crippen molar-refractivity contribution in [3.05, 3.63) is 90.5 Å². The van der Waals surface area contributed by atoms with E-state index in [0.29, 0.717) is 65.6 Å². The van der Waals surface area contributed by atoms with Gasteiger partial charge < -0.3 is 44.1 Å². The number of nitrogens with zero attached hydrogens (tertiary/aromatic N) is 2. The molecule has 4 N–H and O–H groups in total. The van der Waals surface area contributed by atoms with E-state index in [1.807, 2.05) is 0 Å². The van der Waals surface area contributed by atoms with Crippen LogP contribution in [0.3, 0.4) is 0 Å². The summed E-state index contributed by atoms with van der Waals surface area (Å²) in [5.41, 5.74) is 2.82. The quantitative estimate of drug-likeness (QED) is 0.0522. The van der Waals surface area contributed by atoms with Gasteiger partial charge >= 0.3 is 6.09 Å². The maximum Gasteiger partial charge on any atom is 0.417 e. The van der Waals surface area contributed by atoms with Crippen LogP contribution in [0.1, 0.15) is 63.4 Å². The summed E-state index contributed by atoms with van der Waals surface area (Å²) in [6, 6.07) is 15.0. The van der Waals surface area contributed by atoms with Crippen molar-refractivity contribution >= 4 is 39.1 Å². The van der Waals surface area contributed by atoms with Crippen molar-refractivity contribution in [2.75, 3.05) is 58.8 Å². The lowest BCUT2D eigenvalue weighted by Crippen LogP contribution is -2.69. The average molecular weight is 891 g/mol. The third-order valence-electron chi connectivity index (χ3n) is 12.0. The SMILES string of the molecule is C=CCOC12Oc3ccc(OC(=O)Nc4ccc(OC)cc4OC)cc3C3C(CCCCO)C(CCCCO)C=C(C(=NOC)CC1N(C)S(=O)(=O)c1ccc(NC(C)=O)cc1)C32. The minimum Gasteiger partial charge on any atom is -0.497 e. The monoisotopic (exact) mass is 890 g/mol. The molecule has 0 bridgehead atoms. The Morgan fingerprint density at radius 2 is 1.67 bits per heavy atom. The molecule has 6 unspecified atom stereocenters. The van der Waals surface area contributed by atoms with E-state index in [9.17, 15) is 28.2 Å². The van der Waals surface area contributed by atoms with Gasteiger partial charge in [0.1, 0.15) is 30.1 Å². The summed E-state index contributed by atoms with van der Waals surface area (Å²) in [7, 11) is 1.67. The van der Waals surface area contributed by atoms with Crippen molar-refractivity contribution in [2.45, 2.75) is 74.5 Å². The summed E-state index contributed by atoms with van der Waals surface area (Å²) in [6.45, 7) is 5.35. The number of methoxy groups -OCH3 is 2. The molecule has 1 fully saturated rings. The Morgan fingerprint density at radius 3 is 2.32 bits per heavy atom. The summed E-state index contributed by atoms with van der Waals surface area (Å²) in [5.74, 6) is -1.67. The zero-order valence-corrected chi connectivity index (χ0v) is 37.2. The molecule has 6 rings (SSSR count). The number of hydrogen-bond acceptors (Lipinski definition) is 13. The van der Waals surface area contributed by atoms with Crippen molar-refractivity contribution in [1.82, 2.24) is 4.31 Å². The highest BCUT2D eigenvalue weighted by Gasteiger charge is 2.65. The molecule has 17 heteroatoms. The molecule has 3 aromatic carbocycles. The zero-order chi connectivity index (χ0) is 45.3. The maximum absolute atomic E-state index is 14.7. The Morgan fingerprint density at radius 1 is 0.952 bits per heavy atom. The number of allylic oxidation sites excluding steroid dienone is 1. The van der Waals surface area contributed by atoms with Crippen molar-refractivity contribution in [3.8, 4) is 23.0 Å². The number of sulfonamides is 1. The third-order valence-corrected chi connectivity index (χ3v) is 13.9. The van der Waals surface area contributed by atoms with Crippen LogP contribution in [0, 0.1) is 17.8 Å². The lowest BCUT2D eigenvalue weighted by atomic mass is 9.55. The van der Waals surface area contributed by atoms with Crippen molar-refractivity contribution in [2.24, 2.45) is 22.9 Å². The van der Waals surface area contributed by atoms with E-state index in [4.69, 9.17) is 28.5 Å². The van der Waals surface area contributed by atoms with Crippen LogP contribution in [0.5, 0.6) is 23.0 Å². The fourth-order valence-corrected chi connectivity index (χ4v) is 10.6. The van der Waals surface area contributed by atoms with Gasteiger partial charge in [0, 0.05) is 56.8 Å². The van der Waals surface area contributed by atoms with Gasteiger partial charge in [-0.05, 0) is 97.7 Å². The lowest BCUT2D eigenvalue weighted by Gasteiger charge is -2.59. The van der Waals surface area contributed by atoms with Crippen LogP contribution < -0.4 is 29.6 Å². The number of rotatable bonds is 20. The van der Waals surface area contributed by atoms with Crippen molar-refractivity contribution in [1.29, 1.82) is 0 Å². The Balaban J connectivity index is 1.51. The number of anilines is 2. The van der Waals surface area contributed by atoms with Crippen LogP contribution in [0.25, 0.3) is 0 Å². The van der Waals surface area contributed by atoms with Gasteiger partial charge in [0.2, 0.25) is 21.7 Å². The molecule has 1 aliphatic heterocycles. The third kappa shape index (κ3) is 10.0. The van der Waals surface area contributed by atoms with E-state index in [2.05, 4.69) is 28.4 Å². The first-order valence-corrected chi connectivity index (χ1v) is 22.5. The van der Waals surface area contributed by atoms with Crippen molar-refractivity contribution < 1.29 is 56.7 Å². The van der Waals surface area contributed by atoms with E-state index in [1.165, 1.54) is 63.9 Å². The van der Waals surface area contributed by atoms with E-state index in [1.54, 1.807) is 42.5 Å². The highest BCUT2D eigenvalue weighted by molar-refractivity contribution is 7.89. The number of oxime groups is 1. The van der Waals surface area contributed by atoms with Crippen LogP contribution in [-0.4, -0.2) is 101 Å². The zero-order valence-electron chi connectivity index (χ0n) is 36.4. The second kappa shape index (κ2) is 20.8. The molecule has 63 heavy (non-hydrogen) atoms. The molecule has 3 aromatic rings. The number of benzene rings is 3. The lowest BCUT2D eigenvalue weighted by molar-refractivity contribution is -0.250. The number of hydrogen-bond donors (Lipinski definition) is 4. The number of ether oxygens (including phenoxy) is 5. The Bertz CT molecular complexity index is 2280. The molecule has 3 aliphatic rings. The summed E-state index contributed by atoms with van der Waals surface area (Å²) in [6.07, 6.45) is 7.03. The first-order chi connectivity index (χ1) is 30.3. The molecule has 6 atom stereocenters.